The van der Waals surface area contributed by atoms with E-state index in [2.05, 4.69) is 5.11 Å². The van der Waals surface area contributed by atoms with Gasteiger partial charge < -0.3 is 10.9 Å². The van der Waals surface area contributed by atoms with Crippen LogP contribution in [-0.4, -0.2) is 10.9 Å². The van der Waals surface area contributed by atoms with Crippen molar-refractivity contribution in [2.75, 3.05) is 5.73 Å². The van der Waals surface area contributed by atoms with Gasteiger partial charge in [0.2, 0.25) is 0 Å². The first kappa shape index (κ1) is 9.51. The number of azo groups is 1. The summed E-state index contributed by atoms with van der Waals surface area (Å²) in [5.41, 5.74) is 6.44. The summed E-state index contributed by atoms with van der Waals surface area (Å²) in [6.45, 7) is 3.67. The Morgan fingerprint density at radius 3 is 2.54 bits per heavy atom. The van der Waals surface area contributed by atoms with Crippen LogP contribution >= 0.6 is 0 Å². The Kier molecular flexibility index (Phi) is 2.84. The molecule has 0 aromatic heterocycles. The summed E-state index contributed by atoms with van der Waals surface area (Å²) in [5.74, 6) is 0. The topological polar surface area (TPSA) is 64.5 Å². The maximum atomic E-state index is 11.3. The van der Waals surface area contributed by atoms with Gasteiger partial charge in [-0.2, -0.15) is 0 Å². The molecule has 0 unspecified atom stereocenters. The van der Waals surface area contributed by atoms with E-state index in [1.54, 1.807) is 24.3 Å². The summed E-state index contributed by atoms with van der Waals surface area (Å²) in [6.07, 6.45) is 0. The van der Waals surface area contributed by atoms with Crippen molar-refractivity contribution >= 4 is 11.4 Å². The highest BCUT2D eigenvalue weighted by molar-refractivity contribution is 5.57. The Labute approximate surface area is 77.3 Å². The van der Waals surface area contributed by atoms with Crippen LogP contribution in [0.25, 0.3) is 0 Å². The molecule has 1 aromatic rings. The zero-order chi connectivity index (χ0) is 9.84. The lowest BCUT2D eigenvalue weighted by molar-refractivity contribution is -0.444. The van der Waals surface area contributed by atoms with Gasteiger partial charge in [0.25, 0.3) is 5.69 Å². The van der Waals surface area contributed by atoms with Gasteiger partial charge in [-0.3, -0.25) is 0 Å². The highest BCUT2D eigenvalue weighted by Gasteiger charge is 2.07. The summed E-state index contributed by atoms with van der Waals surface area (Å²) >= 11 is 0. The van der Waals surface area contributed by atoms with Crippen molar-refractivity contribution in [2.45, 2.75) is 19.9 Å². The number of rotatable bonds is 2. The van der Waals surface area contributed by atoms with Gasteiger partial charge in [-0.1, -0.05) is 17.0 Å². The molecule has 4 heteroatoms. The minimum atomic E-state index is -0.0305. The first-order valence-electron chi connectivity index (χ1n) is 4.14. The zero-order valence-corrected chi connectivity index (χ0v) is 7.77. The van der Waals surface area contributed by atoms with E-state index >= 15 is 0 Å². The number of nitrogens with two attached hydrogens (primary N) is 1. The normalized spacial score (nSPS) is 12.1. The number of hydrogen-bond donors (Lipinski definition) is 1. The van der Waals surface area contributed by atoms with Gasteiger partial charge in [0.05, 0.1) is 0 Å². The maximum absolute atomic E-state index is 11.3. The average molecular weight is 179 g/mol. The van der Waals surface area contributed by atoms with Crippen LogP contribution in [0.3, 0.4) is 0 Å². The molecular formula is C9H13N3O. The SMILES string of the molecule is CC(C)N=[N+]([O-])c1ccccc1N. The third-order valence-electron chi connectivity index (χ3n) is 1.48. The van der Waals surface area contributed by atoms with E-state index in [4.69, 9.17) is 5.73 Å². The lowest BCUT2D eigenvalue weighted by atomic mass is 10.3. The van der Waals surface area contributed by atoms with Crippen molar-refractivity contribution in [3.05, 3.63) is 29.5 Å². The largest absolute Gasteiger partial charge is 0.594 e. The summed E-state index contributed by atoms with van der Waals surface area (Å²) in [4.78, 5) is 0.569. The van der Waals surface area contributed by atoms with Crippen LogP contribution in [0, 0.1) is 5.21 Å². The van der Waals surface area contributed by atoms with E-state index in [0.29, 0.717) is 16.2 Å². The van der Waals surface area contributed by atoms with Gasteiger partial charge in [-0.05, 0) is 25.0 Å². The fourth-order valence-corrected chi connectivity index (χ4v) is 0.934. The summed E-state index contributed by atoms with van der Waals surface area (Å²) in [5, 5.41) is 15.2. The molecular weight excluding hydrogens is 166 g/mol. The molecule has 1 rings (SSSR count). The van der Waals surface area contributed by atoms with Crippen LogP contribution in [-0.2, 0) is 0 Å². The smallest absolute Gasteiger partial charge is 0.267 e. The van der Waals surface area contributed by atoms with Gasteiger partial charge in [-0.15, -0.1) is 0 Å². The van der Waals surface area contributed by atoms with Crippen molar-refractivity contribution in [1.82, 2.24) is 0 Å². The quantitative estimate of drug-likeness (QED) is 0.327. The van der Waals surface area contributed by atoms with Gasteiger partial charge >= 0.3 is 0 Å². The van der Waals surface area contributed by atoms with Gasteiger partial charge in [0.1, 0.15) is 11.7 Å². The van der Waals surface area contributed by atoms with Crippen LogP contribution in [0.15, 0.2) is 29.4 Å². The summed E-state index contributed by atoms with van der Waals surface area (Å²) in [7, 11) is 0. The monoisotopic (exact) mass is 179 g/mol. The van der Waals surface area contributed by atoms with Crippen molar-refractivity contribution in [3.8, 4) is 0 Å². The van der Waals surface area contributed by atoms with Crippen molar-refractivity contribution in [3.63, 3.8) is 0 Å². The zero-order valence-electron chi connectivity index (χ0n) is 7.77. The molecule has 0 saturated carbocycles. The molecule has 0 bridgehead atoms. The predicted molar refractivity (Wildman–Crippen MR) is 51.7 cm³/mol. The molecule has 2 N–H and O–H groups in total. The second kappa shape index (κ2) is 3.89. The molecule has 0 fully saturated rings. The van der Waals surface area contributed by atoms with Crippen LogP contribution in [0.5, 0.6) is 0 Å². The average Bonchev–Trinajstić information content (AvgIpc) is 2.03. The van der Waals surface area contributed by atoms with Gasteiger partial charge in [-0.25, -0.2) is 0 Å². The fourth-order valence-electron chi connectivity index (χ4n) is 0.934. The lowest BCUT2D eigenvalue weighted by Crippen LogP contribution is -2.01. The summed E-state index contributed by atoms with van der Waals surface area (Å²) in [6, 6.07) is 6.83. The minimum absolute atomic E-state index is 0.0305. The van der Waals surface area contributed by atoms with Crippen molar-refractivity contribution in [2.24, 2.45) is 5.11 Å². The van der Waals surface area contributed by atoms with Crippen molar-refractivity contribution < 1.29 is 4.86 Å². The molecule has 0 spiro atoms. The predicted octanol–water partition coefficient (Wildman–Crippen LogP) is 2.27. The Morgan fingerprint density at radius 1 is 1.38 bits per heavy atom. The molecule has 0 atom stereocenters. The Bertz CT molecular complexity index is 320. The van der Waals surface area contributed by atoms with E-state index in [0.717, 1.165) is 0 Å². The highest BCUT2D eigenvalue weighted by atomic mass is 16.5. The number of para-hydroxylation sites is 2. The maximum Gasteiger partial charge on any atom is 0.267 e. The minimum Gasteiger partial charge on any atom is -0.594 e. The first-order valence-corrected chi connectivity index (χ1v) is 4.14. The molecule has 0 aliphatic rings. The summed E-state index contributed by atoms with van der Waals surface area (Å²) < 4.78 is 0. The molecule has 70 valence electrons. The molecule has 0 radical (unpaired) electrons. The number of nitrogen functional groups attached to an aromatic ring is 1. The molecule has 1 aromatic carbocycles. The van der Waals surface area contributed by atoms with E-state index < -0.39 is 0 Å². The third kappa shape index (κ3) is 2.43. The van der Waals surface area contributed by atoms with E-state index in [1.165, 1.54) is 0 Å². The lowest BCUT2D eigenvalue weighted by Gasteiger charge is -2.03. The van der Waals surface area contributed by atoms with Gasteiger partial charge in [0, 0.05) is 6.07 Å². The second-order valence-electron chi connectivity index (χ2n) is 3.04. The second-order valence-corrected chi connectivity index (χ2v) is 3.04. The van der Waals surface area contributed by atoms with Crippen LogP contribution in [0.4, 0.5) is 11.4 Å². The van der Waals surface area contributed by atoms with Crippen LogP contribution in [0.1, 0.15) is 13.8 Å². The number of anilines is 1. The number of nitrogens with zero attached hydrogens (tertiary/aromatic N) is 2. The van der Waals surface area contributed by atoms with Gasteiger partial charge in [0.15, 0.2) is 0 Å². The van der Waals surface area contributed by atoms with Crippen LogP contribution in [0.2, 0.25) is 0 Å². The van der Waals surface area contributed by atoms with E-state index in [-0.39, 0.29) is 6.04 Å². The fraction of sp³-hybridized carbons (Fsp3) is 0.333. The molecule has 4 nitrogen and oxygen atoms in total. The number of hydrogen-bond acceptors (Lipinski definition) is 3. The van der Waals surface area contributed by atoms with E-state index in [9.17, 15) is 5.21 Å². The third-order valence-corrected chi connectivity index (χ3v) is 1.48. The van der Waals surface area contributed by atoms with Crippen molar-refractivity contribution in [1.29, 1.82) is 0 Å². The molecule has 0 saturated heterocycles. The Hall–Kier alpha value is -1.58. The highest BCUT2D eigenvalue weighted by Crippen LogP contribution is 2.20. The van der Waals surface area contributed by atoms with E-state index in [1.807, 2.05) is 13.8 Å². The molecule has 13 heavy (non-hydrogen) atoms. The number of benzene rings is 1. The molecule has 0 amide bonds. The van der Waals surface area contributed by atoms with Crippen LogP contribution < -0.4 is 5.73 Å². The molecule has 0 aliphatic heterocycles. The molecule has 0 heterocycles. The Morgan fingerprint density at radius 2 is 2.00 bits per heavy atom. The first-order chi connectivity index (χ1) is 6.11. The Balaban J connectivity index is 3.02. The molecule has 0 aliphatic carbocycles. The standard InChI is InChI=1S/C9H13N3O/c1-7(2)11-12(13)9-6-4-3-5-8(9)10/h3-7H,10H2,1-2H3.